The van der Waals surface area contributed by atoms with Crippen LogP contribution in [0.15, 0.2) is 18.2 Å². The summed E-state index contributed by atoms with van der Waals surface area (Å²) in [6, 6.07) is 6.23. The third-order valence-corrected chi connectivity index (χ3v) is 5.51. The molecule has 2 aromatic carbocycles. The number of fused-ring (bicyclic) bond motifs is 5. The van der Waals surface area contributed by atoms with Gasteiger partial charge < -0.3 is 10.0 Å². The zero-order valence-corrected chi connectivity index (χ0v) is 13.1. The van der Waals surface area contributed by atoms with Crippen molar-refractivity contribution in [2.75, 3.05) is 23.9 Å². The van der Waals surface area contributed by atoms with Gasteiger partial charge in [0.2, 0.25) is 0 Å². The molecule has 4 rings (SSSR count). The summed E-state index contributed by atoms with van der Waals surface area (Å²) in [6.07, 6.45) is 3.52. The van der Waals surface area contributed by atoms with E-state index < -0.39 is 0 Å². The molecule has 0 amide bonds. The van der Waals surface area contributed by atoms with E-state index in [2.05, 4.69) is 24.0 Å². The zero-order chi connectivity index (χ0) is 14.6. The molecule has 1 aliphatic heterocycles. The summed E-state index contributed by atoms with van der Waals surface area (Å²) in [4.78, 5) is 2.34. The Morgan fingerprint density at radius 1 is 1.33 bits per heavy atom. The highest BCUT2D eigenvalue weighted by Gasteiger charge is 2.32. The van der Waals surface area contributed by atoms with Crippen LogP contribution in [0.5, 0.6) is 5.75 Å². The maximum absolute atomic E-state index is 10.5. The molecule has 1 atom stereocenters. The van der Waals surface area contributed by atoms with Crippen LogP contribution in [0, 0.1) is 0 Å². The Kier molecular flexibility index (Phi) is 3.04. The van der Waals surface area contributed by atoms with Gasteiger partial charge in [0, 0.05) is 42.0 Å². The van der Waals surface area contributed by atoms with Crippen molar-refractivity contribution in [2.45, 2.75) is 32.1 Å². The summed E-state index contributed by atoms with van der Waals surface area (Å²) < 4.78 is 0. The fourth-order valence-electron chi connectivity index (χ4n) is 4.16. The monoisotopic (exact) mass is 301 g/mol. The van der Waals surface area contributed by atoms with E-state index >= 15 is 0 Å². The molecule has 2 nitrogen and oxygen atoms in total. The first-order chi connectivity index (χ1) is 10.2. The van der Waals surface area contributed by atoms with Crippen LogP contribution in [0.1, 0.15) is 36.0 Å². The van der Waals surface area contributed by atoms with E-state index in [-0.39, 0.29) is 0 Å². The van der Waals surface area contributed by atoms with Crippen LogP contribution < -0.4 is 4.90 Å². The van der Waals surface area contributed by atoms with E-state index in [0.29, 0.717) is 17.5 Å². The molecular formula is C18H20ClNO. The summed E-state index contributed by atoms with van der Waals surface area (Å²) in [5.74, 6) is 1.43. The van der Waals surface area contributed by atoms with Crippen LogP contribution in [0.25, 0.3) is 10.8 Å². The molecule has 0 bridgehead atoms. The van der Waals surface area contributed by atoms with Crippen LogP contribution in [0.4, 0.5) is 5.69 Å². The molecular weight excluding hydrogens is 282 g/mol. The number of rotatable bonds is 2. The van der Waals surface area contributed by atoms with E-state index in [9.17, 15) is 5.11 Å². The second-order valence-electron chi connectivity index (χ2n) is 6.20. The maximum Gasteiger partial charge on any atom is 0.125 e. The molecule has 0 unspecified atom stereocenters. The first-order valence-electron chi connectivity index (χ1n) is 7.85. The smallest absolute Gasteiger partial charge is 0.125 e. The summed E-state index contributed by atoms with van der Waals surface area (Å²) in [6.45, 7) is 4.09. The average Bonchev–Trinajstić information content (AvgIpc) is 3.10. The minimum absolute atomic E-state index is 0.372. The summed E-state index contributed by atoms with van der Waals surface area (Å²) in [7, 11) is 0. The topological polar surface area (TPSA) is 23.5 Å². The van der Waals surface area contributed by atoms with Crippen molar-refractivity contribution in [1.82, 2.24) is 0 Å². The lowest BCUT2D eigenvalue weighted by molar-refractivity contribution is 0.481. The number of aryl methyl sites for hydroxylation is 2. The number of phenols is 1. The highest BCUT2D eigenvalue weighted by molar-refractivity contribution is 6.19. The normalized spacial score (nSPS) is 20.1. The third-order valence-electron chi connectivity index (χ3n) is 5.14. The average molecular weight is 302 g/mol. The lowest BCUT2D eigenvalue weighted by Gasteiger charge is -2.18. The number of anilines is 1. The van der Waals surface area contributed by atoms with E-state index in [1.165, 1.54) is 40.6 Å². The Morgan fingerprint density at radius 3 is 2.95 bits per heavy atom. The van der Waals surface area contributed by atoms with Crippen molar-refractivity contribution in [2.24, 2.45) is 0 Å². The van der Waals surface area contributed by atoms with Gasteiger partial charge in [-0.15, -0.1) is 11.6 Å². The molecule has 2 aromatic rings. The van der Waals surface area contributed by atoms with E-state index in [1.54, 1.807) is 0 Å². The van der Waals surface area contributed by atoms with Gasteiger partial charge in [0.1, 0.15) is 5.75 Å². The summed E-state index contributed by atoms with van der Waals surface area (Å²) in [5, 5.41) is 12.8. The van der Waals surface area contributed by atoms with Crippen molar-refractivity contribution in [3.8, 4) is 5.75 Å². The summed E-state index contributed by atoms with van der Waals surface area (Å²) >= 11 is 6.26. The zero-order valence-electron chi connectivity index (χ0n) is 12.3. The van der Waals surface area contributed by atoms with Crippen LogP contribution in [-0.4, -0.2) is 24.1 Å². The van der Waals surface area contributed by atoms with Gasteiger partial charge >= 0.3 is 0 Å². The van der Waals surface area contributed by atoms with Gasteiger partial charge in [0.25, 0.3) is 0 Å². The number of nitrogens with zero attached hydrogens (tertiary/aromatic N) is 1. The van der Waals surface area contributed by atoms with E-state index in [4.69, 9.17) is 11.6 Å². The van der Waals surface area contributed by atoms with Gasteiger partial charge in [-0.2, -0.15) is 0 Å². The van der Waals surface area contributed by atoms with Crippen molar-refractivity contribution in [3.05, 3.63) is 34.9 Å². The molecule has 0 radical (unpaired) electrons. The predicted molar refractivity (Wildman–Crippen MR) is 89.0 cm³/mol. The molecule has 0 fully saturated rings. The first kappa shape index (κ1) is 13.3. The Balaban J connectivity index is 2.10. The predicted octanol–water partition coefficient (Wildman–Crippen LogP) is 4.20. The Labute approximate surface area is 130 Å². The number of hydrogen-bond acceptors (Lipinski definition) is 2. The molecule has 0 aromatic heterocycles. The van der Waals surface area contributed by atoms with Crippen molar-refractivity contribution in [1.29, 1.82) is 0 Å². The molecule has 0 saturated heterocycles. The minimum Gasteiger partial charge on any atom is -0.507 e. The fourth-order valence-corrected chi connectivity index (χ4v) is 4.41. The number of aromatic hydroxyl groups is 1. The van der Waals surface area contributed by atoms with Crippen molar-refractivity contribution < 1.29 is 5.11 Å². The molecule has 2 aliphatic rings. The molecule has 1 N–H and O–H groups in total. The van der Waals surface area contributed by atoms with Gasteiger partial charge in [-0.3, -0.25) is 0 Å². The Hall–Kier alpha value is -1.41. The molecule has 1 heterocycles. The number of likely N-dealkylation sites (N-methyl/N-ethyl adjacent to an activating group) is 1. The number of benzene rings is 2. The third kappa shape index (κ3) is 1.78. The second-order valence-corrected chi connectivity index (χ2v) is 6.51. The number of hydrogen-bond donors (Lipinski definition) is 1. The Morgan fingerprint density at radius 2 is 2.19 bits per heavy atom. The van der Waals surface area contributed by atoms with Gasteiger partial charge in [-0.05, 0) is 48.3 Å². The summed E-state index contributed by atoms with van der Waals surface area (Å²) in [5.41, 5.74) is 5.47. The van der Waals surface area contributed by atoms with Gasteiger partial charge in [-0.1, -0.05) is 12.1 Å². The van der Waals surface area contributed by atoms with E-state index in [1.807, 2.05) is 6.07 Å². The fraction of sp³-hybridized carbons (Fsp3) is 0.444. The second kappa shape index (κ2) is 4.81. The molecule has 0 spiro atoms. The van der Waals surface area contributed by atoms with Gasteiger partial charge in [0.15, 0.2) is 0 Å². The van der Waals surface area contributed by atoms with Crippen LogP contribution >= 0.6 is 11.6 Å². The van der Waals surface area contributed by atoms with Crippen LogP contribution in [0.3, 0.4) is 0 Å². The standard InChI is InChI=1S/C18H20ClNO/c1-2-20-10-12(9-19)17-15(20)8-16(21)14-7-6-11-4-3-5-13(11)18(14)17/h6-8,12,21H,2-5,9-10H2,1H3/t12-/m1/s1. The largest absolute Gasteiger partial charge is 0.507 e. The number of halogens is 1. The SMILES string of the molecule is CCN1C[C@@H](CCl)c2c1cc(O)c1ccc3c(c21)CCC3. The van der Waals surface area contributed by atoms with Gasteiger partial charge in [0.05, 0.1) is 0 Å². The molecule has 0 saturated carbocycles. The highest BCUT2D eigenvalue weighted by Crippen LogP contribution is 2.47. The van der Waals surface area contributed by atoms with Gasteiger partial charge in [-0.25, -0.2) is 0 Å². The number of phenolic OH excluding ortho intramolecular Hbond substituents is 1. The van der Waals surface area contributed by atoms with Crippen molar-refractivity contribution >= 4 is 28.1 Å². The Bertz CT molecular complexity index is 725. The molecule has 3 heteroatoms. The lowest BCUT2D eigenvalue weighted by atomic mass is 9.90. The molecule has 1 aliphatic carbocycles. The molecule has 21 heavy (non-hydrogen) atoms. The lowest BCUT2D eigenvalue weighted by Crippen LogP contribution is -2.21. The van der Waals surface area contributed by atoms with Crippen LogP contribution in [-0.2, 0) is 12.8 Å². The maximum atomic E-state index is 10.5. The van der Waals surface area contributed by atoms with E-state index in [0.717, 1.165) is 24.9 Å². The van der Waals surface area contributed by atoms with Crippen molar-refractivity contribution in [3.63, 3.8) is 0 Å². The molecule has 110 valence electrons. The van der Waals surface area contributed by atoms with Crippen LogP contribution in [0.2, 0.25) is 0 Å². The first-order valence-corrected chi connectivity index (χ1v) is 8.39. The quantitative estimate of drug-likeness (QED) is 0.841. The highest BCUT2D eigenvalue weighted by atomic mass is 35.5. The minimum atomic E-state index is 0.372. The number of alkyl halides is 1.